The van der Waals surface area contributed by atoms with Crippen LogP contribution in [0.15, 0.2) is 89.9 Å². The number of benzene rings is 4. The van der Waals surface area contributed by atoms with Gasteiger partial charge in [-0.25, -0.2) is 0 Å². The third-order valence-electron chi connectivity index (χ3n) is 5.08. The van der Waals surface area contributed by atoms with Gasteiger partial charge >= 0.3 is 0 Å². The van der Waals surface area contributed by atoms with Gasteiger partial charge in [-0.2, -0.15) is 0 Å². The first kappa shape index (κ1) is 17.4. The molecule has 134 valence electrons. The average Bonchev–Trinajstić information content (AvgIpc) is 2.71. The molecule has 1 atom stereocenters. The van der Waals surface area contributed by atoms with Gasteiger partial charge in [-0.05, 0) is 58.7 Å². The van der Waals surface area contributed by atoms with Crippen LogP contribution in [-0.4, -0.2) is 16.9 Å². The van der Waals surface area contributed by atoms with E-state index >= 15 is 0 Å². The second kappa shape index (κ2) is 6.98. The van der Waals surface area contributed by atoms with Gasteiger partial charge in [-0.15, -0.1) is 0 Å². The van der Waals surface area contributed by atoms with Crippen LogP contribution in [0.1, 0.15) is 31.1 Å². The van der Waals surface area contributed by atoms with Gasteiger partial charge < -0.3 is 5.11 Å². The zero-order valence-electron chi connectivity index (χ0n) is 15.6. The Hall–Kier alpha value is -2.97. The van der Waals surface area contributed by atoms with E-state index in [9.17, 15) is 5.11 Å². The van der Waals surface area contributed by atoms with Gasteiger partial charge in [0.2, 0.25) is 0 Å². The van der Waals surface area contributed by atoms with Crippen LogP contribution in [0, 0.1) is 0 Å². The molecule has 0 heterocycles. The number of aliphatic imine (C=N–C) groups is 1. The molecule has 0 fully saturated rings. The Balaban J connectivity index is 1.61. The van der Waals surface area contributed by atoms with E-state index in [-0.39, 0.29) is 0 Å². The van der Waals surface area contributed by atoms with E-state index in [1.54, 1.807) is 0 Å². The summed E-state index contributed by atoms with van der Waals surface area (Å²) >= 11 is 0. The highest BCUT2D eigenvalue weighted by molar-refractivity contribution is 5.90. The van der Waals surface area contributed by atoms with Gasteiger partial charge in [0.05, 0.1) is 5.54 Å². The van der Waals surface area contributed by atoms with E-state index in [0.29, 0.717) is 0 Å². The van der Waals surface area contributed by atoms with Crippen LogP contribution in [0.4, 0.5) is 0 Å². The second-order valence-corrected chi connectivity index (χ2v) is 7.53. The molecule has 1 unspecified atom stereocenters. The van der Waals surface area contributed by atoms with Crippen LogP contribution < -0.4 is 0 Å². The monoisotopic (exact) mass is 353 g/mol. The van der Waals surface area contributed by atoms with E-state index in [1.165, 1.54) is 16.2 Å². The van der Waals surface area contributed by atoms with Crippen LogP contribution in [0.25, 0.3) is 21.5 Å². The van der Waals surface area contributed by atoms with Crippen molar-refractivity contribution >= 4 is 27.8 Å². The largest absolute Gasteiger partial charge is 0.386 e. The standard InChI is InChI=1S/C25H23NO/c1-25(2,24(27)23-14-13-20-8-4-6-10-22(20)16-23)26-17-18-11-12-19-7-3-5-9-21(19)15-18/h3-17,24,27H,1-2H3. The lowest BCUT2D eigenvalue weighted by Crippen LogP contribution is -2.27. The molecular formula is C25H23NO. The van der Waals surface area contributed by atoms with Crippen molar-refractivity contribution in [1.29, 1.82) is 0 Å². The number of aliphatic hydroxyl groups excluding tert-OH is 1. The van der Waals surface area contributed by atoms with Crippen molar-refractivity contribution in [3.8, 4) is 0 Å². The van der Waals surface area contributed by atoms with Gasteiger partial charge in [0.15, 0.2) is 0 Å². The molecule has 0 amide bonds. The highest BCUT2D eigenvalue weighted by Crippen LogP contribution is 2.31. The maximum atomic E-state index is 10.9. The van der Waals surface area contributed by atoms with E-state index in [1.807, 2.05) is 56.5 Å². The smallest absolute Gasteiger partial charge is 0.104 e. The van der Waals surface area contributed by atoms with Gasteiger partial charge in [-0.1, -0.05) is 72.8 Å². The Morgan fingerprint density at radius 2 is 1.30 bits per heavy atom. The highest BCUT2D eigenvalue weighted by Gasteiger charge is 2.28. The fraction of sp³-hybridized carbons (Fsp3) is 0.160. The molecule has 4 aromatic carbocycles. The molecule has 0 spiro atoms. The van der Waals surface area contributed by atoms with Crippen molar-refractivity contribution in [2.24, 2.45) is 4.99 Å². The summed E-state index contributed by atoms with van der Waals surface area (Å²) in [5.74, 6) is 0. The van der Waals surface area contributed by atoms with Crippen molar-refractivity contribution in [2.75, 3.05) is 0 Å². The minimum absolute atomic E-state index is 0.631. The van der Waals surface area contributed by atoms with Gasteiger partial charge in [0.1, 0.15) is 6.10 Å². The SMILES string of the molecule is CC(C)(N=Cc1ccc2ccccc2c1)C(O)c1ccc2ccccc2c1. The highest BCUT2D eigenvalue weighted by atomic mass is 16.3. The lowest BCUT2D eigenvalue weighted by Gasteiger charge is -2.27. The summed E-state index contributed by atoms with van der Waals surface area (Å²) in [5.41, 5.74) is 1.29. The van der Waals surface area contributed by atoms with Crippen molar-refractivity contribution in [3.05, 3.63) is 96.1 Å². The van der Waals surface area contributed by atoms with Gasteiger partial charge in [-0.3, -0.25) is 4.99 Å². The lowest BCUT2D eigenvalue weighted by molar-refractivity contribution is 0.106. The van der Waals surface area contributed by atoms with Crippen molar-refractivity contribution in [3.63, 3.8) is 0 Å². The second-order valence-electron chi connectivity index (χ2n) is 7.53. The first-order valence-corrected chi connectivity index (χ1v) is 9.24. The molecule has 0 radical (unpaired) electrons. The number of aliphatic hydroxyl groups is 1. The topological polar surface area (TPSA) is 32.6 Å². The number of nitrogens with zero attached hydrogens (tertiary/aromatic N) is 1. The predicted octanol–water partition coefficient (Wildman–Crippen LogP) is 5.92. The van der Waals surface area contributed by atoms with Crippen LogP contribution in [-0.2, 0) is 0 Å². The van der Waals surface area contributed by atoms with E-state index < -0.39 is 11.6 Å². The van der Waals surface area contributed by atoms with Crippen LogP contribution >= 0.6 is 0 Å². The van der Waals surface area contributed by atoms with Gasteiger partial charge in [0.25, 0.3) is 0 Å². The maximum absolute atomic E-state index is 10.9. The quantitative estimate of drug-likeness (QED) is 0.454. The molecule has 27 heavy (non-hydrogen) atoms. The minimum atomic E-state index is -0.682. The summed E-state index contributed by atoms with van der Waals surface area (Å²) in [6.07, 6.45) is 1.18. The molecule has 0 aliphatic carbocycles. The van der Waals surface area contributed by atoms with Crippen molar-refractivity contribution in [2.45, 2.75) is 25.5 Å². The molecule has 0 saturated heterocycles. The zero-order chi connectivity index (χ0) is 18.9. The molecular weight excluding hydrogens is 330 g/mol. The molecule has 0 saturated carbocycles. The summed E-state index contributed by atoms with van der Waals surface area (Å²) in [4.78, 5) is 4.71. The Morgan fingerprint density at radius 3 is 1.96 bits per heavy atom. The Labute approximate surface area is 159 Å². The zero-order valence-corrected chi connectivity index (χ0v) is 15.6. The summed E-state index contributed by atoms with van der Waals surface area (Å²) in [6, 6.07) is 28.8. The van der Waals surface area contributed by atoms with E-state index in [0.717, 1.165) is 16.5 Å². The molecule has 0 bridgehead atoms. The van der Waals surface area contributed by atoms with Gasteiger partial charge in [0, 0.05) is 6.21 Å². The summed E-state index contributed by atoms with van der Waals surface area (Å²) < 4.78 is 0. The molecule has 4 aromatic rings. The minimum Gasteiger partial charge on any atom is -0.386 e. The molecule has 2 heteroatoms. The average molecular weight is 353 g/mol. The van der Waals surface area contributed by atoms with Crippen molar-refractivity contribution in [1.82, 2.24) is 0 Å². The Morgan fingerprint density at radius 1 is 0.741 bits per heavy atom. The number of rotatable bonds is 4. The van der Waals surface area contributed by atoms with Crippen LogP contribution in [0.3, 0.4) is 0 Å². The van der Waals surface area contributed by atoms with Crippen LogP contribution in [0.2, 0.25) is 0 Å². The maximum Gasteiger partial charge on any atom is 0.104 e. The van der Waals surface area contributed by atoms with Crippen molar-refractivity contribution < 1.29 is 5.11 Å². The molecule has 1 N–H and O–H groups in total. The summed E-state index contributed by atoms with van der Waals surface area (Å²) in [7, 11) is 0. The molecule has 0 aliphatic rings. The fourth-order valence-corrected chi connectivity index (χ4v) is 3.39. The number of fused-ring (bicyclic) bond motifs is 2. The normalized spacial score (nSPS) is 13.4. The molecule has 0 aromatic heterocycles. The molecule has 4 rings (SSSR count). The van der Waals surface area contributed by atoms with Crippen LogP contribution in [0.5, 0.6) is 0 Å². The molecule has 0 aliphatic heterocycles. The molecule has 2 nitrogen and oxygen atoms in total. The number of hydrogen-bond acceptors (Lipinski definition) is 2. The third kappa shape index (κ3) is 3.62. The fourth-order valence-electron chi connectivity index (χ4n) is 3.39. The summed E-state index contributed by atoms with van der Waals surface area (Å²) in [6.45, 7) is 3.93. The predicted molar refractivity (Wildman–Crippen MR) is 115 cm³/mol. The summed E-state index contributed by atoms with van der Waals surface area (Å²) in [5, 5.41) is 15.6. The lowest BCUT2D eigenvalue weighted by atomic mass is 9.90. The Bertz CT molecular complexity index is 1130. The third-order valence-corrected chi connectivity index (χ3v) is 5.08. The number of hydrogen-bond donors (Lipinski definition) is 1. The Kier molecular flexibility index (Phi) is 4.51. The van der Waals surface area contributed by atoms with E-state index in [2.05, 4.69) is 48.5 Å². The first-order valence-electron chi connectivity index (χ1n) is 9.24. The van der Waals surface area contributed by atoms with E-state index in [4.69, 9.17) is 4.99 Å². The first-order chi connectivity index (χ1) is 13.0.